The fourth-order valence-electron chi connectivity index (χ4n) is 3.67. The lowest BCUT2D eigenvalue weighted by molar-refractivity contribution is 0.846. The molecular weight excluding hydrogens is 360 g/mol. The van der Waals surface area contributed by atoms with Crippen LogP contribution < -0.4 is 5.69 Å². The molecule has 0 aliphatic carbocycles. The fourth-order valence-corrected chi connectivity index (χ4v) is 3.67. The lowest BCUT2D eigenvalue weighted by atomic mass is 10.0. The second kappa shape index (κ2) is 6.47. The molecule has 29 heavy (non-hydrogen) atoms. The highest BCUT2D eigenvalue weighted by Crippen LogP contribution is 2.29. The molecule has 0 aliphatic heterocycles. The Balaban J connectivity index is 1.88. The Labute approximate surface area is 166 Å². The molecule has 0 unspecified atom stereocenters. The lowest BCUT2D eigenvalue weighted by Crippen LogP contribution is -2.20. The second-order valence-corrected chi connectivity index (χ2v) is 6.84. The van der Waals surface area contributed by atoms with Gasteiger partial charge in [-0.25, -0.2) is 4.79 Å². The third kappa shape index (κ3) is 2.62. The second-order valence-electron chi connectivity index (χ2n) is 6.84. The van der Waals surface area contributed by atoms with E-state index in [0.29, 0.717) is 0 Å². The van der Waals surface area contributed by atoms with Gasteiger partial charge < -0.3 is 0 Å². The summed E-state index contributed by atoms with van der Waals surface area (Å²) in [5, 5.41) is 0.896. The number of rotatable bonds is 2. The van der Waals surface area contributed by atoms with Crippen LogP contribution in [0.25, 0.3) is 38.8 Å². The van der Waals surface area contributed by atoms with Crippen LogP contribution in [0.3, 0.4) is 0 Å². The number of para-hydroxylation sites is 1. The summed E-state index contributed by atoms with van der Waals surface area (Å²) in [6.45, 7) is 0. The molecule has 0 saturated heterocycles. The maximum atomic E-state index is 13.0. The van der Waals surface area contributed by atoms with E-state index in [4.69, 9.17) is 6.42 Å². The van der Waals surface area contributed by atoms with Gasteiger partial charge >= 0.3 is 5.69 Å². The molecule has 0 spiro atoms. The van der Waals surface area contributed by atoms with E-state index in [2.05, 4.69) is 15.9 Å². The minimum atomic E-state index is -0.109. The number of hydrogen-bond acceptors (Lipinski definition) is 3. The number of aromatic nitrogens is 4. The summed E-state index contributed by atoms with van der Waals surface area (Å²) in [7, 11) is 1.77. The molecule has 0 fully saturated rings. The number of benzene rings is 2. The summed E-state index contributed by atoms with van der Waals surface area (Å²) < 4.78 is 3.36. The molecule has 138 valence electrons. The molecular formula is C24H16N4O. The molecule has 3 heterocycles. The van der Waals surface area contributed by atoms with E-state index < -0.39 is 0 Å². The van der Waals surface area contributed by atoms with Crippen molar-refractivity contribution in [3.8, 4) is 29.2 Å². The van der Waals surface area contributed by atoms with Gasteiger partial charge in [-0.15, -0.1) is 6.42 Å². The van der Waals surface area contributed by atoms with Crippen LogP contribution in [-0.4, -0.2) is 19.1 Å². The number of pyridine rings is 2. The summed E-state index contributed by atoms with van der Waals surface area (Å²) in [6.07, 6.45) is 10.7. The van der Waals surface area contributed by atoms with Crippen LogP contribution >= 0.6 is 0 Å². The van der Waals surface area contributed by atoms with Gasteiger partial charge in [0.15, 0.2) is 0 Å². The van der Waals surface area contributed by atoms with Crippen LogP contribution in [-0.2, 0) is 7.05 Å². The highest BCUT2D eigenvalue weighted by molar-refractivity contribution is 6.04. The zero-order valence-electron chi connectivity index (χ0n) is 15.7. The first-order valence-corrected chi connectivity index (χ1v) is 9.15. The van der Waals surface area contributed by atoms with Crippen LogP contribution in [0.15, 0.2) is 78.0 Å². The molecule has 0 amide bonds. The van der Waals surface area contributed by atoms with Gasteiger partial charge in [-0.2, -0.15) is 0 Å². The molecule has 5 rings (SSSR count). The molecule has 0 N–H and O–H groups in total. The van der Waals surface area contributed by atoms with Crippen LogP contribution in [0, 0.1) is 12.3 Å². The number of aryl methyl sites for hydroxylation is 1. The highest BCUT2D eigenvalue weighted by atomic mass is 16.1. The van der Waals surface area contributed by atoms with Crippen LogP contribution in [0.4, 0.5) is 0 Å². The summed E-state index contributed by atoms with van der Waals surface area (Å²) >= 11 is 0. The smallest absolute Gasteiger partial charge is 0.293 e. The topological polar surface area (TPSA) is 52.7 Å². The molecule has 0 radical (unpaired) electrons. The normalized spacial score (nSPS) is 11.0. The zero-order valence-corrected chi connectivity index (χ0v) is 15.7. The van der Waals surface area contributed by atoms with Crippen LogP contribution in [0.5, 0.6) is 0 Å². The molecule has 0 saturated carbocycles. The number of nitrogens with zero attached hydrogens (tertiary/aromatic N) is 4. The van der Waals surface area contributed by atoms with Gasteiger partial charge in [0.05, 0.1) is 28.4 Å². The molecule has 0 bridgehead atoms. The Hall–Kier alpha value is -4.17. The Morgan fingerprint density at radius 3 is 2.59 bits per heavy atom. The van der Waals surface area contributed by atoms with E-state index >= 15 is 0 Å². The Morgan fingerprint density at radius 2 is 1.79 bits per heavy atom. The minimum Gasteiger partial charge on any atom is -0.293 e. The van der Waals surface area contributed by atoms with Crippen molar-refractivity contribution in [1.29, 1.82) is 0 Å². The van der Waals surface area contributed by atoms with Gasteiger partial charge in [-0.3, -0.25) is 19.1 Å². The SMILES string of the molecule is C#Cc1cncc(-c2ccc3ncc4c(c3c2)n(-c2ccccc2)c(=O)n4C)c1. The van der Waals surface area contributed by atoms with Crippen molar-refractivity contribution < 1.29 is 0 Å². The Morgan fingerprint density at radius 1 is 0.966 bits per heavy atom. The first kappa shape index (κ1) is 17.0. The fraction of sp³-hybridized carbons (Fsp3) is 0.0417. The maximum Gasteiger partial charge on any atom is 0.333 e. The van der Waals surface area contributed by atoms with E-state index in [1.54, 1.807) is 34.8 Å². The number of fused-ring (bicyclic) bond motifs is 3. The van der Waals surface area contributed by atoms with Crippen molar-refractivity contribution in [3.63, 3.8) is 0 Å². The Kier molecular flexibility index (Phi) is 3.78. The number of terminal acetylenes is 1. The summed E-state index contributed by atoms with van der Waals surface area (Å²) in [4.78, 5) is 21.8. The van der Waals surface area contributed by atoms with Gasteiger partial charge in [-0.1, -0.05) is 30.2 Å². The maximum absolute atomic E-state index is 13.0. The molecule has 0 atom stereocenters. The Bertz CT molecular complexity index is 1490. The summed E-state index contributed by atoms with van der Waals surface area (Å²) in [6, 6.07) is 17.6. The van der Waals surface area contributed by atoms with Gasteiger partial charge in [0.25, 0.3) is 0 Å². The van der Waals surface area contributed by atoms with Crippen molar-refractivity contribution in [2.75, 3.05) is 0 Å². The molecule has 5 aromatic rings. The molecule has 5 heteroatoms. The van der Waals surface area contributed by atoms with E-state index in [-0.39, 0.29) is 5.69 Å². The lowest BCUT2D eigenvalue weighted by Gasteiger charge is -2.08. The van der Waals surface area contributed by atoms with E-state index in [1.165, 1.54) is 0 Å². The first-order valence-electron chi connectivity index (χ1n) is 9.15. The summed E-state index contributed by atoms with van der Waals surface area (Å²) in [5.74, 6) is 2.62. The van der Waals surface area contributed by atoms with Crippen molar-refractivity contribution in [2.45, 2.75) is 0 Å². The predicted molar refractivity (Wildman–Crippen MR) is 115 cm³/mol. The highest BCUT2D eigenvalue weighted by Gasteiger charge is 2.16. The van der Waals surface area contributed by atoms with Crippen molar-refractivity contribution in [3.05, 3.63) is 89.2 Å². The molecule has 5 nitrogen and oxygen atoms in total. The van der Waals surface area contributed by atoms with Gasteiger partial charge in [0.2, 0.25) is 0 Å². The monoisotopic (exact) mass is 376 g/mol. The average Bonchev–Trinajstić information content (AvgIpc) is 3.04. The molecule has 0 aliphatic rings. The van der Waals surface area contributed by atoms with Crippen molar-refractivity contribution in [1.82, 2.24) is 19.1 Å². The van der Waals surface area contributed by atoms with Gasteiger partial charge in [0, 0.05) is 36.0 Å². The molecule has 2 aromatic carbocycles. The third-order valence-corrected chi connectivity index (χ3v) is 5.14. The van der Waals surface area contributed by atoms with Crippen molar-refractivity contribution in [2.24, 2.45) is 7.05 Å². The standard InChI is InChI=1S/C24H16N4O/c1-3-16-11-18(14-25-13-16)17-9-10-21-20(12-17)23-22(15-26-21)27(2)24(29)28(23)19-7-5-4-6-8-19/h1,4-15H,2H3. The number of imidazole rings is 1. The van der Waals surface area contributed by atoms with Crippen LogP contribution in [0.2, 0.25) is 0 Å². The molecule has 3 aromatic heterocycles. The van der Waals surface area contributed by atoms with E-state index in [9.17, 15) is 4.79 Å². The third-order valence-electron chi connectivity index (χ3n) is 5.14. The predicted octanol–water partition coefficient (Wildman–Crippen LogP) is 3.92. The van der Waals surface area contributed by atoms with Gasteiger partial charge in [0.1, 0.15) is 0 Å². The minimum absolute atomic E-state index is 0.109. The van der Waals surface area contributed by atoms with Crippen molar-refractivity contribution >= 4 is 21.9 Å². The summed E-state index contributed by atoms with van der Waals surface area (Å²) in [5.41, 5.74) is 5.74. The number of hydrogen-bond donors (Lipinski definition) is 0. The van der Waals surface area contributed by atoms with Crippen LogP contribution in [0.1, 0.15) is 5.56 Å². The first-order chi connectivity index (χ1) is 14.2. The van der Waals surface area contributed by atoms with E-state index in [0.717, 1.165) is 44.3 Å². The largest absolute Gasteiger partial charge is 0.333 e. The van der Waals surface area contributed by atoms with E-state index in [1.807, 2.05) is 54.6 Å². The van der Waals surface area contributed by atoms with Gasteiger partial charge in [-0.05, 0) is 35.9 Å². The zero-order chi connectivity index (χ0) is 20.0. The average molecular weight is 376 g/mol. The quantitative estimate of drug-likeness (QED) is 0.439.